The first kappa shape index (κ1) is 10.7. The Morgan fingerprint density at radius 1 is 1.35 bits per heavy atom. The zero-order chi connectivity index (χ0) is 11.7. The first-order chi connectivity index (χ1) is 8.34. The van der Waals surface area contributed by atoms with Gasteiger partial charge in [0.1, 0.15) is 5.69 Å². The fraction of sp³-hybridized carbons (Fsp3) is 0.636. The molecule has 2 fully saturated rings. The molecule has 0 spiro atoms. The summed E-state index contributed by atoms with van der Waals surface area (Å²) in [6.07, 6.45) is 1.61. The Morgan fingerprint density at radius 3 is 2.76 bits per heavy atom. The van der Waals surface area contributed by atoms with Crippen molar-refractivity contribution in [2.24, 2.45) is 0 Å². The van der Waals surface area contributed by atoms with Gasteiger partial charge < -0.3 is 10.2 Å². The molecular formula is C11H17N5O. The van der Waals surface area contributed by atoms with Crippen molar-refractivity contribution in [3.8, 4) is 0 Å². The minimum atomic E-state index is 0.0638. The van der Waals surface area contributed by atoms with Crippen LogP contribution in [0.5, 0.6) is 0 Å². The van der Waals surface area contributed by atoms with Crippen molar-refractivity contribution in [2.45, 2.75) is 6.04 Å². The molecule has 6 nitrogen and oxygen atoms in total. The molecule has 1 amide bonds. The Morgan fingerprint density at radius 2 is 2.12 bits per heavy atom. The van der Waals surface area contributed by atoms with E-state index >= 15 is 0 Å². The van der Waals surface area contributed by atoms with Crippen LogP contribution in [0.1, 0.15) is 10.5 Å². The standard InChI is InChI=1S/C11H17N5O/c17-11(10-1-2-13-14-10)16-7-9(8-16)15-5-3-12-4-6-15/h1-2,9,12H,3-8H2,(H,13,14). The quantitative estimate of drug-likeness (QED) is 0.700. The third-order valence-electron chi connectivity index (χ3n) is 3.55. The summed E-state index contributed by atoms with van der Waals surface area (Å²) in [4.78, 5) is 16.3. The summed E-state index contributed by atoms with van der Waals surface area (Å²) in [5, 5.41) is 9.86. The van der Waals surface area contributed by atoms with E-state index in [1.165, 1.54) is 0 Å². The zero-order valence-electron chi connectivity index (χ0n) is 9.72. The number of amides is 1. The van der Waals surface area contributed by atoms with Crippen molar-refractivity contribution in [3.63, 3.8) is 0 Å². The van der Waals surface area contributed by atoms with Crippen molar-refractivity contribution >= 4 is 5.91 Å². The summed E-state index contributed by atoms with van der Waals surface area (Å²) in [5.41, 5.74) is 0.587. The fourth-order valence-electron chi connectivity index (χ4n) is 2.44. The predicted octanol–water partition coefficient (Wildman–Crippen LogP) is -0.861. The van der Waals surface area contributed by atoms with Crippen LogP contribution in [-0.4, -0.2) is 71.2 Å². The molecule has 0 atom stereocenters. The van der Waals surface area contributed by atoms with Crippen LogP contribution in [-0.2, 0) is 0 Å². The number of nitrogens with zero attached hydrogens (tertiary/aromatic N) is 3. The van der Waals surface area contributed by atoms with E-state index in [1.807, 2.05) is 4.90 Å². The summed E-state index contributed by atoms with van der Waals surface area (Å²) in [5.74, 6) is 0.0638. The van der Waals surface area contributed by atoms with E-state index in [0.29, 0.717) is 11.7 Å². The molecular weight excluding hydrogens is 218 g/mol. The molecule has 0 saturated carbocycles. The molecule has 6 heteroatoms. The Hall–Kier alpha value is -1.40. The number of aromatic amines is 1. The van der Waals surface area contributed by atoms with Gasteiger partial charge in [0, 0.05) is 51.5 Å². The van der Waals surface area contributed by atoms with Gasteiger partial charge in [-0.05, 0) is 6.07 Å². The van der Waals surface area contributed by atoms with E-state index in [9.17, 15) is 4.79 Å². The van der Waals surface area contributed by atoms with Crippen LogP contribution in [0.3, 0.4) is 0 Å². The van der Waals surface area contributed by atoms with Gasteiger partial charge in [-0.3, -0.25) is 14.8 Å². The van der Waals surface area contributed by atoms with Gasteiger partial charge in [0.05, 0.1) is 0 Å². The van der Waals surface area contributed by atoms with E-state index in [-0.39, 0.29) is 5.91 Å². The molecule has 0 aromatic carbocycles. The minimum absolute atomic E-state index is 0.0638. The molecule has 1 aromatic rings. The number of rotatable bonds is 2. The monoisotopic (exact) mass is 235 g/mol. The van der Waals surface area contributed by atoms with Gasteiger partial charge in [-0.15, -0.1) is 0 Å². The van der Waals surface area contributed by atoms with Gasteiger partial charge in [0.15, 0.2) is 0 Å². The predicted molar refractivity (Wildman–Crippen MR) is 62.7 cm³/mol. The maximum Gasteiger partial charge on any atom is 0.271 e. The SMILES string of the molecule is O=C(c1ccn[nH]1)N1CC(N2CCNCC2)C1. The number of H-pyrrole nitrogens is 1. The Labute approximate surface area is 100.0 Å². The molecule has 0 radical (unpaired) electrons. The van der Waals surface area contributed by atoms with Crippen LogP contribution in [0.4, 0.5) is 0 Å². The molecule has 2 saturated heterocycles. The van der Waals surface area contributed by atoms with Crippen LogP contribution < -0.4 is 5.32 Å². The summed E-state index contributed by atoms with van der Waals surface area (Å²) >= 11 is 0. The molecule has 0 bridgehead atoms. The van der Waals surface area contributed by atoms with Crippen molar-refractivity contribution in [3.05, 3.63) is 18.0 Å². The Balaban J connectivity index is 1.52. The molecule has 3 heterocycles. The highest BCUT2D eigenvalue weighted by Crippen LogP contribution is 2.17. The number of aromatic nitrogens is 2. The van der Waals surface area contributed by atoms with E-state index in [0.717, 1.165) is 39.3 Å². The molecule has 17 heavy (non-hydrogen) atoms. The maximum absolute atomic E-state index is 11.9. The number of carbonyl (C=O) groups excluding carboxylic acids is 1. The average molecular weight is 235 g/mol. The molecule has 1 aromatic heterocycles. The average Bonchev–Trinajstić information content (AvgIpc) is 2.81. The van der Waals surface area contributed by atoms with Crippen LogP contribution >= 0.6 is 0 Å². The highest BCUT2D eigenvalue weighted by molar-refractivity contribution is 5.92. The number of nitrogens with one attached hydrogen (secondary N) is 2. The van der Waals surface area contributed by atoms with E-state index in [2.05, 4.69) is 20.4 Å². The highest BCUT2D eigenvalue weighted by Gasteiger charge is 2.35. The van der Waals surface area contributed by atoms with Crippen molar-refractivity contribution in [1.82, 2.24) is 25.3 Å². The number of hydrogen-bond acceptors (Lipinski definition) is 4. The molecule has 2 aliphatic rings. The lowest BCUT2D eigenvalue weighted by Crippen LogP contribution is -2.63. The summed E-state index contributed by atoms with van der Waals surface area (Å²) < 4.78 is 0. The second-order valence-corrected chi connectivity index (χ2v) is 4.62. The topological polar surface area (TPSA) is 64.3 Å². The second-order valence-electron chi connectivity index (χ2n) is 4.62. The van der Waals surface area contributed by atoms with Gasteiger partial charge in [0.2, 0.25) is 0 Å². The van der Waals surface area contributed by atoms with Crippen LogP contribution in [0.25, 0.3) is 0 Å². The lowest BCUT2D eigenvalue weighted by atomic mass is 10.1. The molecule has 3 rings (SSSR count). The van der Waals surface area contributed by atoms with Gasteiger partial charge in [0.25, 0.3) is 5.91 Å². The minimum Gasteiger partial charge on any atom is -0.334 e. The summed E-state index contributed by atoms with van der Waals surface area (Å²) in [6, 6.07) is 2.27. The maximum atomic E-state index is 11.9. The second kappa shape index (κ2) is 4.46. The lowest BCUT2D eigenvalue weighted by molar-refractivity contribution is 0.0222. The van der Waals surface area contributed by atoms with Crippen LogP contribution in [0.15, 0.2) is 12.3 Å². The molecule has 2 N–H and O–H groups in total. The first-order valence-corrected chi connectivity index (χ1v) is 6.08. The largest absolute Gasteiger partial charge is 0.334 e. The van der Waals surface area contributed by atoms with Gasteiger partial charge in [-0.2, -0.15) is 5.10 Å². The lowest BCUT2D eigenvalue weighted by Gasteiger charge is -2.46. The summed E-state index contributed by atoms with van der Waals surface area (Å²) in [6.45, 7) is 6.00. The van der Waals surface area contributed by atoms with Crippen molar-refractivity contribution < 1.29 is 4.79 Å². The first-order valence-electron chi connectivity index (χ1n) is 6.08. The summed E-state index contributed by atoms with van der Waals surface area (Å²) in [7, 11) is 0. The van der Waals surface area contributed by atoms with E-state index in [1.54, 1.807) is 12.3 Å². The van der Waals surface area contributed by atoms with Crippen LogP contribution in [0.2, 0.25) is 0 Å². The Kier molecular flexibility index (Phi) is 2.82. The van der Waals surface area contributed by atoms with Gasteiger partial charge >= 0.3 is 0 Å². The number of likely N-dealkylation sites (tertiary alicyclic amines) is 1. The highest BCUT2D eigenvalue weighted by atomic mass is 16.2. The third-order valence-corrected chi connectivity index (χ3v) is 3.55. The van der Waals surface area contributed by atoms with E-state index < -0.39 is 0 Å². The number of piperazine rings is 1. The van der Waals surface area contributed by atoms with Gasteiger partial charge in [-0.25, -0.2) is 0 Å². The molecule has 0 unspecified atom stereocenters. The molecule has 2 aliphatic heterocycles. The fourth-order valence-corrected chi connectivity index (χ4v) is 2.44. The number of hydrogen-bond donors (Lipinski definition) is 2. The normalized spacial score (nSPS) is 22.5. The van der Waals surface area contributed by atoms with Crippen molar-refractivity contribution in [1.29, 1.82) is 0 Å². The number of carbonyl (C=O) groups is 1. The smallest absolute Gasteiger partial charge is 0.271 e. The molecule has 0 aliphatic carbocycles. The zero-order valence-corrected chi connectivity index (χ0v) is 9.72. The van der Waals surface area contributed by atoms with Gasteiger partial charge in [-0.1, -0.05) is 0 Å². The third kappa shape index (κ3) is 2.05. The molecule has 92 valence electrons. The van der Waals surface area contributed by atoms with E-state index in [4.69, 9.17) is 0 Å². The Bertz CT molecular complexity index is 379. The van der Waals surface area contributed by atoms with Crippen molar-refractivity contribution in [2.75, 3.05) is 39.3 Å². The van der Waals surface area contributed by atoms with Crippen LogP contribution in [0, 0.1) is 0 Å².